The fourth-order valence-electron chi connectivity index (χ4n) is 4.13. The van der Waals surface area contributed by atoms with Gasteiger partial charge < -0.3 is 9.88 Å². The molecule has 8 nitrogen and oxygen atoms in total. The lowest BCUT2D eigenvalue weighted by molar-refractivity contribution is -0.132. The average molecular weight is 409 g/mol. The van der Waals surface area contributed by atoms with Gasteiger partial charge in [0.2, 0.25) is 5.91 Å². The fraction of sp³-hybridized carbons (Fsp3) is 0.455. The van der Waals surface area contributed by atoms with E-state index in [4.69, 9.17) is 0 Å². The van der Waals surface area contributed by atoms with Gasteiger partial charge in [0, 0.05) is 39.5 Å². The van der Waals surface area contributed by atoms with Gasteiger partial charge in [0.1, 0.15) is 11.3 Å². The van der Waals surface area contributed by atoms with Gasteiger partial charge in [0.05, 0.1) is 0 Å². The zero-order valence-electron chi connectivity index (χ0n) is 17.6. The highest BCUT2D eigenvalue weighted by Gasteiger charge is 2.27. The second-order valence-corrected chi connectivity index (χ2v) is 8.19. The lowest BCUT2D eigenvalue weighted by Crippen LogP contribution is -2.39. The molecule has 1 amide bonds. The first-order valence-electron chi connectivity index (χ1n) is 10.3. The van der Waals surface area contributed by atoms with Gasteiger partial charge in [-0.3, -0.25) is 18.7 Å². The summed E-state index contributed by atoms with van der Waals surface area (Å²) in [5.41, 5.74) is 2.29. The first kappa shape index (κ1) is 20.1. The summed E-state index contributed by atoms with van der Waals surface area (Å²) in [4.78, 5) is 46.9. The van der Waals surface area contributed by atoms with Crippen molar-refractivity contribution in [3.63, 3.8) is 0 Å². The molecule has 0 saturated carbocycles. The quantitative estimate of drug-likeness (QED) is 0.708. The van der Waals surface area contributed by atoms with E-state index >= 15 is 0 Å². The number of nitrogens with one attached hydrogen (secondary N) is 1. The Morgan fingerprint density at radius 3 is 2.63 bits per heavy atom. The Morgan fingerprint density at radius 1 is 1.17 bits per heavy atom. The molecule has 1 aromatic carbocycles. The zero-order chi connectivity index (χ0) is 21.4. The van der Waals surface area contributed by atoms with Crippen molar-refractivity contribution in [1.29, 1.82) is 0 Å². The number of aromatic amines is 1. The molecule has 8 heteroatoms. The fourth-order valence-corrected chi connectivity index (χ4v) is 4.13. The molecule has 2 aromatic heterocycles. The number of aromatic nitrogens is 4. The minimum Gasteiger partial charge on any atom is -0.342 e. The second kappa shape index (κ2) is 7.93. The lowest BCUT2D eigenvalue weighted by Gasteiger charge is -2.32. The van der Waals surface area contributed by atoms with Crippen LogP contribution in [0.1, 0.15) is 42.1 Å². The Morgan fingerprint density at radius 2 is 1.90 bits per heavy atom. The number of hydrogen-bond donors (Lipinski definition) is 1. The Bertz CT molecular complexity index is 1200. The number of rotatable bonds is 4. The van der Waals surface area contributed by atoms with Crippen LogP contribution in [0.25, 0.3) is 11.2 Å². The van der Waals surface area contributed by atoms with Crippen LogP contribution < -0.4 is 11.2 Å². The van der Waals surface area contributed by atoms with E-state index in [2.05, 4.69) is 41.2 Å². The number of fused-ring (bicyclic) bond motifs is 1. The van der Waals surface area contributed by atoms with Crippen LogP contribution in [0.5, 0.6) is 0 Å². The molecule has 30 heavy (non-hydrogen) atoms. The topological polar surface area (TPSA) is 93.0 Å². The molecule has 1 aliphatic rings. The van der Waals surface area contributed by atoms with Crippen LogP contribution in [0.15, 0.2) is 33.9 Å². The number of hydrogen-bond acceptors (Lipinski definition) is 4. The van der Waals surface area contributed by atoms with Crippen LogP contribution in [0, 0.1) is 6.92 Å². The van der Waals surface area contributed by atoms with Crippen molar-refractivity contribution in [3.8, 4) is 0 Å². The predicted molar refractivity (Wildman–Crippen MR) is 115 cm³/mol. The molecule has 0 aliphatic carbocycles. The molecule has 0 spiro atoms. The molecule has 3 aromatic rings. The van der Waals surface area contributed by atoms with E-state index in [-0.39, 0.29) is 17.4 Å². The lowest BCUT2D eigenvalue weighted by atomic mass is 9.96. The van der Waals surface area contributed by atoms with Gasteiger partial charge in [-0.1, -0.05) is 29.8 Å². The van der Waals surface area contributed by atoms with Crippen molar-refractivity contribution in [2.45, 2.75) is 38.5 Å². The van der Waals surface area contributed by atoms with Gasteiger partial charge in [0.25, 0.3) is 5.56 Å². The number of piperidine rings is 1. The molecule has 1 unspecified atom stereocenters. The van der Waals surface area contributed by atoms with Crippen LogP contribution in [0.4, 0.5) is 0 Å². The standard InChI is InChI=1S/C22H27N5O3/c1-14-6-8-15(9-7-14)10-11-17(28)27-12-4-5-16(13-27)19-23-18-20(24-19)25(2)22(30)26(3)21(18)29/h6-9,16H,4-5,10-13H2,1-3H3,(H,23,24). The van der Waals surface area contributed by atoms with Crippen molar-refractivity contribution in [2.24, 2.45) is 14.1 Å². The number of carbonyl (C=O) groups excluding carboxylic acids is 1. The third-order valence-corrected chi connectivity index (χ3v) is 6.02. The summed E-state index contributed by atoms with van der Waals surface area (Å²) in [6, 6.07) is 8.27. The van der Waals surface area contributed by atoms with Crippen molar-refractivity contribution in [1.82, 2.24) is 24.0 Å². The number of imidazole rings is 1. The third-order valence-electron chi connectivity index (χ3n) is 6.02. The molecular weight excluding hydrogens is 382 g/mol. The molecule has 0 radical (unpaired) electrons. The number of carbonyl (C=O) groups is 1. The van der Waals surface area contributed by atoms with Crippen molar-refractivity contribution in [3.05, 3.63) is 62.1 Å². The monoisotopic (exact) mass is 409 g/mol. The summed E-state index contributed by atoms with van der Waals surface area (Å²) in [5, 5.41) is 0. The van der Waals surface area contributed by atoms with Gasteiger partial charge in [-0.05, 0) is 31.7 Å². The van der Waals surface area contributed by atoms with E-state index in [1.807, 2.05) is 4.90 Å². The first-order chi connectivity index (χ1) is 14.3. The molecule has 1 N–H and O–H groups in total. The van der Waals surface area contributed by atoms with E-state index in [9.17, 15) is 14.4 Å². The van der Waals surface area contributed by atoms with Gasteiger partial charge in [-0.15, -0.1) is 0 Å². The van der Waals surface area contributed by atoms with Crippen molar-refractivity contribution < 1.29 is 4.79 Å². The maximum Gasteiger partial charge on any atom is 0.332 e. The van der Waals surface area contributed by atoms with Gasteiger partial charge in [0.15, 0.2) is 5.65 Å². The van der Waals surface area contributed by atoms with E-state index in [1.54, 1.807) is 7.05 Å². The Balaban J connectivity index is 1.50. The summed E-state index contributed by atoms with van der Waals surface area (Å²) < 4.78 is 2.45. The van der Waals surface area contributed by atoms with Gasteiger partial charge >= 0.3 is 5.69 Å². The van der Waals surface area contributed by atoms with Crippen molar-refractivity contribution >= 4 is 17.1 Å². The van der Waals surface area contributed by atoms with Gasteiger partial charge in [-0.25, -0.2) is 9.78 Å². The minimum absolute atomic E-state index is 0.0225. The number of likely N-dealkylation sites (tertiary alicyclic amines) is 1. The Hall–Kier alpha value is -3.16. The summed E-state index contributed by atoms with van der Waals surface area (Å²) in [7, 11) is 3.07. The number of benzene rings is 1. The summed E-state index contributed by atoms with van der Waals surface area (Å²) in [5.74, 6) is 0.827. The molecule has 4 rings (SSSR count). The summed E-state index contributed by atoms with van der Waals surface area (Å²) >= 11 is 0. The molecule has 3 heterocycles. The van der Waals surface area contributed by atoms with Crippen molar-refractivity contribution in [2.75, 3.05) is 13.1 Å². The molecule has 158 valence electrons. The smallest absolute Gasteiger partial charge is 0.332 e. The number of nitrogens with zero attached hydrogens (tertiary/aromatic N) is 4. The summed E-state index contributed by atoms with van der Waals surface area (Å²) in [6.45, 7) is 3.36. The average Bonchev–Trinajstić information content (AvgIpc) is 3.21. The van der Waals surface area contributed by atoms with Crippen LogP contribution in [-0.4, -0.2) is 43.0 Å². The number of amides is 1. The second-order valence-electron chi connectivity index (χ2n) is 8.19. The molecule has 1 aliphatic heterocycles. The maximum absolute atomic E-state index is 12.8. The third kappa shape index (κ3) is 3.69. The molecular formula is C22H27N5O3. The highest BCUT2D eigenvalue weighted by Crippen LogP contribution is 2.26. The van der Waals surface area contributed by atoms with Crippen LogP contribution >= 0.6 is 0 Å². The van der Waals surface area contributed by atoms with E-state index in [1.165, 1.54) is 17.2 Å². The van der Waals surface area contributed by atoms with Crippen LogP contribution in [0.3, 0.4) is 0 Å². The molecule has 1 fully saturated rings. The maximum atomic E-state index is 12.8. The Labute approximate surface area is 174 Å². The molecule has 0 bridgehead atoms. The highest BCUT2D eigenvalue weighted by molar-refractivity contribution is 5.76. The van der Waals surface area contributed by atoms with Gasteiger partial charge in [-0.2, -0.15) is 0 Å². The predicted octanol–water partition coefficient (Wildman–Crippen LogP) is 1.61. The zero-order valence-corrected chi connectivity index (χ0v) is 17.6. The van der Waals surface area contributed by atoms with Crippen LogP contribution in [-0.2, 0) is 25.3 Å². The van der Waals surface area contributed by atoms with E-state index < -0.39 is 5.69 Å². The summed E-state index contributed by atoms with van der Waals surface area (Å²) in [6.07, 6.45) is 2.97. The highest BCUT2D eigenvalue weighted by atomic mass is 16.2. The largest absolute Gasteiger partial charge is 0.342 e. The number of H-pyrrole nitrogens is 1. The normalized spacial score (nSPS) is 16.9. The molecule has 1 atom stereocenters. The van der Waals surface area contributed by atoms with E-state index in [0.717, 1.165) is 35.9 Å². The SMILES string of the molecule is Cc1ccc(CCC(=O)N2CCCC(c3nc4c([nH]3)c(=O)n(C)c(=O)n4C)C2)cc1. The number of aryl methyl sites for hydroxylation is 3. The first-order valence-corrected chi connectivity index (χ1v) is 10.3. The molecule has 1 saturated heterocycles. The van der Waals surface area contributed by atoms with Crippen LogP contribution in [0.2, 0.25) is 0 Å². The minimum atomic E-state index is -0.401. The van der Waals surface area contributed by atoms with E-state index in [0.29, 0.717) is 30.0 Å². The Kier molecular flexibility index (Phi) is 5.32.